The quantitative estimate of drug-likeness (QED) is 0.935. The van der Waals surface area contributed by atoms with Crippen LogP contribution in [0.25, 0.3) is 0 Å². The molecule has 1 N–H and O–H groups in total. The molecule has 0 aliphatic rings. The van der Waals surface area contributed by atoms with Crippen LogP contribution in [0.3, 0.4) is 0 Å². The Morgan fingerprint density at radius 1 is 1.14 bits per heavy atom. The van der Waals surface area contributed by atoms with Crippen LogP contribution in [-0.2, 0) is 4.79 Å². The highest BCUT2D eigenvalue weighted by Gasteiger charge is 2.04. The molecule has 4 nitrogen and oxygen atoms in total. The molecule has 0 unspecified atom stereocenters. The lowest BCUT2D eigenvalue weighted by Gasteiger charge is -2.09. The number of benzene rings is 2. The van der Waals surface area contributed by atoms with Gasteiger partial charge >= 0.3 is 0 Å². The van der Waals surface area contributed by atoms with Gasteiger partial charge in [0.2, 0.25) is 0 Å². The van der Waals surface area contributed by atoms with Crippen LogP contribution in [0.15, 0.2) is 42.5 Å². The van der Waals surface area contributed by atoms with Crippen molar-refractivity contribution in [1.82, 2.24) is 0 Å². The fourth-order valence-corrected chi connectivity index (χ4v) is 1.99. The second kappa shape index (κ2) is 6.58. The van der Waals surface area contributed by atoms with Crippen molar-refractivity contribution in [3.63, 3.8) is 0 Å². The van der Waals surface area contributed by atoms with Crippen LogP contribution in [0.2, 0.25) is 0 Å². The zero-order valence-electron chi connectivity index (χ0n) is 12.0. The highest BCUT2D eigenvalue weighted by molar-refractivity contribution is 5.91. The minimum Gasteiger partial charge on any atom is -0.484 e. The maximum Gasteiger partial charge on any atom is 0.262 e. The summed E-state index contributed by atoms with van der Waals surface area (Å²) < 4.78 is 5.48. The maximum absolute atomic E-state index is 11.8. The third-order valence-corrected chi connectivity index (χ3v) is 2.86. The predicted octanol–water partition coefficient (Wildman–Crippen LogP) is 3.19. The molecule has 0 fully saturated rings. The number of amides is 1. The Hall–Kier alpha value is -2.80. The standard InChI is InChI=1S/C17H16N2O2/c1-12-7-13(2)9-16(8-12)21-11-17(20)19-15-5-3-14(10-18)4-6-15/h3-9H,11H2,1-2H3,(H,19,20). The van der Waals surface area contributed by atoms with E-state index in [4.69, 9.17) is 10.00 Å². The van der Waals surface area contributed by atoms with E-state index in [1.165, 1.54) is 0 Å². The Bertz CT molecular complexity index is 665. The summed E-state index contributed by atoms with van der Waals surface area (Å²) in [5.41, 5.74) is 3.39. The molecule has 0 aromatic heterocycles. The van der Waals surface area contributed by atoms with Crippen LogP contribution in [0.4, 0.5) is 5.69 Å². The molecule has 0 atom stereocenters. The predicted molar refractivity (Wildman–Crippen MR) is 81.2 cm³/mol. The van der Waals surface area contributed by atoms with Gasteiger partial charge in [-0.25, -0.2) is 0 Å². The van der Waals surface area contributed by atoms with Crippen molar-refractivity contribution >= 4 is 11.6 Å². The number of nitrogens with zero attached hydrogens (tertiary/aromatic N) is 1. The van der Waals surface area contributed by atoms with E-state index in [9.17, 15) is 4.79 Å². The van der Waals surface area contributed by atoms with E-state index < -0.39 is 0 Å². The normalized spacial score (nSPS) is 9.76. The summed E-state index contributed by atoms with van der Waals surface area (Å²) in [6, 6.07) is 14.5. The topological polar surface area (TPSA) is 62.1 Å². The van der Waals surface area contributed by atoms with Crippen molar-refractivity contribution in [2.45, 2.75) is 13.8 Å². The molecule has 21 heavy (non-hydrogen) atoms. The van der Waals surface area contributed by atoms with Gasteiger partial charge in [0.15, 0.2) is 6.61 Å². The SMILES string of the molecule is Cc1cc(C)cc(OCC(=O)Nc2ccc(C#N)cc2)c1. The lowest BCUT2D eigenvalue weighted by Crippen LogP contribution is -2.20. The summed E-state index contributed by atoms with van der Waals surface area (Å²) in [6.07, 6.45) is 0. The maximum atomic E-state index is 11.8. The molecule has 1 amide bonds. The number of nitriles is 1. The summed E-state index contributed by atoms with van der Waals surface area (Å²) in [5.74, 6) is 0.446. The second-order valence-corrected chi connectivity index (χ2v) is 4.85. The molecule has 0 spiro atoms. The van der Waals surface area contributed by atoms with Gasteiger partial charge in [-0.2, -0.15) is 5.26 Å². The molecule has 0 aliphatic heterocycles. The van der Waals surface area contributed by atoms with Crippen molar-refractivity contribution in [3.8, 4) is 11.8 Å². The highest BCUT2D eigenvalue weighted by atomic mass is 16.5. The summed E-state index contributed by atoms with van der Waals surface area (Å²) >= 11 is 0. The van der Waals surface area contributed by atoms with E-state index in [0.29, 0.717) is 17.0 Å². The van der Waals surface area contributed by atoms with Gasteiger partial charge in [-0.1, -0.05) is 6.07 Å². The van der Waals surface area contributed by atoms with Crippen LogP contribution in [0.1, 0.15) is 16.7 Å². The summed E-state index contributed by atoms with van der Waals surface area (Å²) in [6.45, 7) is 3.91. The Kier molecular flexibility index (Phi) is 4.57. The number of anilines is 1. The Balaban J connectivity index is 1.91. The Morgan fingerprint density at radius 2 is 1.76 bits per heavy atom. The van der Waals surface area contributed by atoms with Crippen molar-refractivity contribution in [3.05, 3.63) is 59.2 Å². The molecule has 106 valence electrons. The van der Waals surface area contributed by atoms with Gasteiger partial charge in [0.1, 0.15) is 5.75 Å². The molecule has 2 aromatic rings. The first-order chi connectivity index (χ1) is 10.1. The number of nitrogens with one attached hydrogen (secondary N) is 1. The van der Waals surface area contributed by atoms with Crippen molar-refractivity contribution < 1.29 is 9.53 Å². The first-order valence-corrected chi connectivity index (χ1v) is 6.58. The van der Waals surface area contributed by atoms with Gasteiger partial charge < -0.3 is 10.1 Å². The lowest BCUT2D eigenvalue weighted by atomic mass is 10.1. The van der Waals surface area contributed by atoms with Crippen LogP contribution >= 0.6 is 0 Å². The molecule has 0 aliphatic carbocycles. The molecule has 2 aromatic carbocycles. The number of ether oxygens (including phenoxy) is 1. The van der Waals surface area contributed by atoms with Crippen molar-refractivity contribution in [2.75, 3.05) is 11.9 Å². The molecular weight excluding hydrogens is 264 g/mol. The summed E-state index contributed by atoms with van der Waals surface area (Å²) in [7, 11) is 0. The number of hydrogen-bond acceptors (Lipinski definition) is 3. The monoisotopic (exact) mass is 280 g/mol. The largest absolute Gasteiger partial charge is 0.484 e. The number of carbonyl (C=O) groups is 1. The molecule has 0 radical (unpaired) electrons. The fraction of sp³-hybridized carbons (Fsp3) is 0.176. The smallest absolute Gasteiger partial charge is 0.262 e. The molecule has 4 heteroatoms. The first kappa shape index (κ1) is 14.6. The average molecular weight is 280 g/mol. The third kappa shape index (κ3) is 4.36. The van der Waals surface area contributed by atoms with Gasteiger partial charge in [0.05, 0.1) is 11.6 Å². The molecular formula is C17H16N2O2. The van der Waals surface area contributed by atoms with Crippen LogP contribution in [0, 0.1) is 25.2 Å². The van der Waals surface area contributed by atoms with Gasteiger partial charge in [-0.05, 0) is 61.4 Å². The number of carbonyl (C=O) groups excluding carboxylic acids is 1. The van der Waals surface area contributed by atoms with Gasteiger partial charge in [-0.3, -0.25) is 4.79 Å². The van der Waals surface area contributed by atoms with Crippen molar-refractivity contribution in [1.29, 1.82) is 5.26 Å². The molecule has 0 saturated carbocycles. The van der Waals surface area contributed by atoms with Crippen molar-refractivity contribution in [2.24, 2.45) is 0 Å². The summed E-state index contributed by atoms with van der Waals surface area (Å²) in [4.78, 5) is 11.8. The average Bonchev–Trinajstić information content (AvgIpc) is 2.45. The first-order valence-electron chi connectivity index (χ1n) is 6.58. The van der Waals surface area contributed by atoms with Crippen LogP contribution < -0.4 is 10.1 Å². The Morgan fingerprint density at radius 3 is 2.33 bits per heavy atom. The minimum atomic E-state index is -0.237. The molecule has 0 saturated heterocycles. The lowest BCUT2D eigenvalue weighted by molar-refractivity contribution is -0.118. The zero-order chi connectivity index (χ0) is 15.2. The van der Waals surface area contributed by atoms with Crippen LogP contribution in [0.5, 0.6) is 5.75 Å². The van der Waals surface area contributed by atoms with E-state index in [1.54, 1.807) is 24.3 Å². The molecule has 0 bridgehead atoms. The van der Waals surface area contributed by atoms with Gasteiger partial charge in [0, 0.05) is 5.69 Å². The van der Waals surface area contributed by atoms with E-state index >= 15 is 0 Å². The summed E-state index contributed by atoms with van der Waals surface area (Å²) in [5, 5.41) is 11.4. The zero-order valence-corrected chi connectivity index (χ0v) is 12.0. The number of rotatable bonds is 4. The van der Waals surface area contributed by atoms with E-state index in [2.05, 4.69) is 5.32 Å². The van der Waals surface area contributed by atoms with E-state index in [0.717, 1.165) is 11.1 Å². The van der Waals surface area contributed by atoms with Gasteiger partial charge in [0.25, 0.3) is 5.91 Å². The second-order valence-electron chi connectivity index (χ2n) is 4.85. The molecule has 2 rings (SSSR count). The van der Waals surface area contributed by atoms with Gasteiger partial charge in [-0.15, -0.1) is 0 Å². The number of aryl methyl sites for hydroxylation is 2. The van der Waals surface area contributed by atoms with E-state index in [-0.39, 0.29) is 12.5 Å². The number of hydrogen-bond donors (Lipinski definition) is 1. The van der Waals surface area contributed by atoms with Crippen LogP contribution in [-0.4, -0.2) is 12.5 Å². The Labute approximate surface area is 124 Å². The third-order valence-electron chi connectivity index (χ3n) is 2.86. The highest BCUT2D eigenvalue weighted by Crippen LogP contribution is 2.16. The minimum absolute atomic E-state index is 0.0527. The fourth-order valence-electron chi connectivity index (χ4n) is 1.99. The molecule has 0 heterocycles. The van der Waals surface area contributed by atoms with E-state index in [1.807, 2.05) is 38.1 Å².